The molecule has 3 N–H and O–H groups in total. The zero-order valence-electron chi connectivity index (χ0n) is 14.8. The lowest BCUT2D eigenvalue weighted by Gasteiger charge is -2.19. The van der Waals surface area contributed by atoms with Crippen LogP contribution in [0.3, 0.4) is 0 Å². The van der Waals surface area contributed by atoms with Gasteiger partial charge in [-0.3, -0.25) is 9.89 Å². The highest BCUT2D eigenvalue weighted by Gasteiger charge is 2.20. The molecule has 0 fully saturated rings. The van der Waals surface area contributed by atoms with Crippen LogP contribution < -0.4 is 5.32 Å². The van der Waals surface area contributed by atoms with Crippen LogP contribution in [0, 0.1) is 0 Å². The maximum Gasteiger partial charge on any atom is 0.271 e. The topological polar surface area (TPSA) is 78.0 Å². The van der Waals surface area contributed by atoms with E-state index in [2.05, 4.69) is 36.3 Å². The van der Waals surface area contributed by atoms with Crippen LogP contribution in [0.1, 0.15) is 61.8 Å². The predicted octanol–water partition coefficient (Wildman–Crippen LogP) is 2.99. The van der Waals surface area contributed by atoms with Gasteiger partial charge in [-0.2, -0.15) is 5.10 Å². The van der Waals surface area contributed by atoms with Crippen LogP contribution in [0.5, 0.6) is 0 Å². The van der Waals surface area contributed by atoms with Crippen molar-refractivity contribution in [3.8, 4) is 0 Å². The summed E-state index contributed by atoms with van der Waals surface area (Å²) in [5, 5.41) is 19.7. The fourth-order valence-electron chi connectivity index (χ4n) is 2.60. The van der Waals surface area contributed by atoms with Crippen molar-refractivity contribution in [2.24, 2.45) is 0 Å². The molecule has 5 nitrogen and oxygen atoms in total. The number of nitrogens with one attached hydrogen (secondary N) is 2. The Morgan fingerprint density at radius 2 is 1.96 bits per heavy atom. The molecule has 5 heteroatoms. The third kappa shape index (κ3) is 4.93. The van der Waals surface area contributed by atoms with Crippen molar-refractivity contribution in [3.63, 3.8) is 0 Å². The van der Waals surface area contributed by atoms with Crippen molar-refractivity contribution in [2.75, 3.05) is 6.54 Å². The molecule has 24 heavy (non-hydrogen) atoms. The summed E-state index contributed by atoms with van der Waals surface area (Å²) in [6.07, 6.45) is 0.169. The molecule has 2 atom stereocenters. The molecule has 0 spiro atoms. The molecule has 2 rings (SSSR count). The number of benzene rings is 1. The van der Waals surface area contributed by atoms with Crippen LogP contribution in [0.15, 0.2) is 36.4 Å². The second kappa shape index (κ2) is 7.62. The minimum Gasteiger partial charge on any atom is -0.393 e. The van der Waals surface area contributed by atoms with E-state index in [1.54, 1.807) is 13.0 Å². The third-order valence-corrected chi connectivity index (χ3v) is 4.02. The molecule has 0 radical (unpaired) electrons. The van der Waals surface area contributed by atoms with Gasteiger partial charge >= 0.3 is 0 Å². The Bertz CT molecular complexity index is 657. The van der Waals surface area contributed by atoms with E-state index in [0.29, 0.717) is 18.7 Å². The van der Waals surface area contributed by atoms with Crippen LogP contribution in [0.4, 0.5) is 0 Å². The number of amides is 1. The molecule has 0 aliphatic rings. The Morgan fingerprint density at radius 1 is 1.29 bits per heavy atom. The second-order valence-corrected chi connectivity index (χ2v) is 7.32. The molecule has 0 saturated carbocycles. The second-order valence-electron chi connectivity index (χ2n) is 7.32. The summed E-state index contributed by atoms with van der Waals surface area (Å²) in [5.41, 5.74) is 2.35. The van der Waals surface area contributed by atoms with E-state index in [1.807, 2.05) is 30.3 Å². The molecule has 0 aliphatic carbocycles. The van der Waals surface area contributed by atoms with Gasteiger partial charge in [0.25, 0.3) is 5.91 Å². The summed E-state index contributed by atoms with van der Waals surface area (Å²) in [6.45, 7) is 8.43. The van der Waals surface area contributed by atoms with Crippen molar-refractivity contribution in [2.45, 2.75) is 51.6 Å². The molecule has 0 saturated heterocycles. The fraction of sp³-hybridized carbons (Fsp3) is 0.474. The summed E-state index contributed by atoms with van der Waals surface area (Å²) >= 11 is 0. The number of rotatable bonds is 6. The van der Waals surface area contributed by atoms with Crippen LogP contribution >= 0.6 is 0 Å². The minimum absolute atomic E-state index is 0.0659. The predicted molar refractivity (Wildman–Crippen MR) is 95.1 cm³/mol. The van der Waals surface area contributed by atoms with E-state index in [4.69, 9.17) is 0 Å². The van der Waals surface area contributed by atoms with Gasteiger partial charge < -0.3 is 10.4 Å². The Kier molecular flexibility index (Phi) is 5.78. The molecular weight excluding hydrogens is 302 g/mol. The van der Waals surface area contributed by atoms with E-state index in [-0.39, 0.29) is 17.2 Å². The molecule has 1 aromatic heterocycles. The first-order valence-electron chi connectivity index (χ1n) is 8.34. The molecule has 1 aromatic carbocycles. The summed E-state index contributed by atoms with van der Waals surface area (Å²) in [5.74, 6) is -0.135. The lowest BCUT2D eigenvalue weighted by atomic mass is 9.92. The molecule has 2 unspecified atom stereocenters. The van der Waals surface area contributed by atoms with Gasteiger partial charge in [-0.1, -0.05) is 51.1 Å². The molecular formula is C19H27N3O2. The van der Waals surface area contributed by atoms with Gasteiger partial charge in [-0.25, -0.2) is 0 Å². The van der Waals surface area contributed by atoms with E-state index in [9.17, 15) is 9.90 Å². The number of aromatic amines is 1. The van der Waals surface area contributed by atoms with Crippen LogP contribution in [-0.2, 0) is 5.41 Å². The number of nitrogens with zero attached hydrogens (tertiary/aromatic N) is 1. The number of H-pyrrole nitrogens is 1. The van der Waals surface area contributed by atoms with Crippen LogP contribution in [-0.4, -0.2) is 33.9 Å². The molecule has 130 valence electrons. The maximum atomic E-state index is 12.4. The number of hydrogen-bond donors (Lipinski definition) is 3. The van der Waals surface area contributed by atoms with Crippen LogP contribution in [0.2, 0.25) is 0 Å². The maximum absolute atomic E-state index is 12.4. The van der Waals surface area contributed by atoms with Crippen molar-refractivity contribution in [1.29, 1.82) is 0 Å². The molecule has 1 heterocycles. The summed E-state index contributed by atoms with van der Waals surface area (Å²) in [4.78, 5) is 12.4. The summed E-state index contributed by atoms with van der Waals surface area (Å²) in [7, 11) is 0. The SMILES string of the molecule is CC(O)CC(CNC(=O)c1cc(C(C)(C)C)[nH]n1)c1ccccc1. The van der Waals surface area contributed by atoms with Gasteiger partial charge in [0.15, 0.2) is 0 Å². The number of hydrogen-bond acceptors (Lipinski definition) is 3. The van der Waals surface area contributed by atoms with Gasteiger partial charge in [0.05, 0.1) is 6.10 Å². The van der Waals surface area contributed by atoms with Gasteiger partial charge in [0, 0.05) is 23.6 Å². The van der Waals surface area contributed by atoms with E-state index < -0.39 is 6.10 Å². The zero-order valence-corrected chi connectivity index (χ0v) is 14.8. The van der Waals surface area contributed by atoms with E-state index >= 15 is 0 Å². The highest BCUT2D eigenvalue weighted by molar-refractivity contribution is 5.92. The van der Waals surface area contributed by atoms with Gasteiger partial charge in [-0.15, -0.1) is 0 Å². The molecule has 0 aliphatic heterocycles. The first kappa shape index (κ1) is 18.2. The van der Waals surface area contributed by atoms with E-state index in [1.165, 1.54) is 0 Å². The first-order valence-corrected chi connectivity index (χ1v) is 8.34. The highest BCUT2D eigenvalue weighted by Crippen LogP contribution is 2.22. The fourth-order valence-corrected chi connectivity index (χ4v) is 2.60. The summed E-state index contributed by atoms with van der Waals surface area (Å²) in [6, 6.07) is 11.7. The lowest BCUT2D eigenvalue weighted by molar-refractivity contribution is 0.0940. The average molecular weight is 329 g/mol. The number of aliphatic hydroxyl groups is 1. The number of carbonyl (C=O) groups excluding carboxylic acids is 1. The molecule has 0 bridgehead atoms. The smallest absolute Gasteiger partial charge is 0.271 e. The highest BCUT2D eigenvalue weighted by atomic mass is 16.3. The Labute approximate surface area is 143 Å². The first-order chi connectivity index (χ1) is 11.3. The van der Waals surface area contributed by atoms with Crippen molar-refractivity contribution in [3.05, 3.63) is 53.3 Å². The third-order valence-electron chi connectivity index (χ3n) is 4.02. The Balaban J connectivity index is 2.03. The van der Waals surface area contributed by atoms with Gasteiger partial charge in [-0.05, 0) is 25.0 Å². The monoisotopic (exact) mass is 329 g/mol. The largest absolute Gasteiger partial charge is 0.393 e. The van der Waals surface area contributed by atoms with Crippen LogP contribution in [0.25, 0.3) is 0 Å². The van der Waals surface area contributed by atoms with Gasteiger partial charge in [0.1, 0.15) is 5.69 Å². The Morgan fingerprint density at radius 3 is 2.50 bits per heavy atom. The number of aromatic nitrogens is 2. The Hall–Kier alpha value is -2.14. The van der Waals surface area contributed by atoms with E-state index in [0.717, 1.165) is 11.3 Å². The quantitative estimate of drug-likeness (QED) is 0.762. The standard InChI is InChI=1S/C19H27N3O2/c1-13(23)10-15(14-8-6-5-7-9-14)12-20-18(24)16-11-17(22-21-16)19(2,3)4/h5-9,11,13,15,23H,10,12H2,1-4H3,(H,20,24)(H,21,22). The minimum atomic E-state index is -0.426. The van der Waals surface area contributed by atoms with Crippen molar-refractivity contribution in [1.82, 2.24) is 15.5 Å². The lowest BCUT2D eigenvalue weighted by Crippen LogP contribution is -2.30. The van der Waals surface area contributed by atoms with Crippen molar-refractivity contribution < 1.29 is 9.90 Å². The number of carbonyl (C=O) groups is 1. The zero-order chi connectivity index (χ0) is 17.7. The molecule has 1 amide bonds. The average Bonchev–Trinajstić information content (AvgIpc) is 3.02. The van der Waals surface area contributed by atoms with Gasteiger partial charge in [0.2, 0.25) is 0 Å². The normalized spacial score (nSPS) is 14.2. The summed E-state index contributed by atoms with van der Waals surface area (Å²) < 4.78 is 0. The number of aliphatic hydroxyl groups excluding tert-OH is 1. The molecule has 2 aromatic rings. The van der Waals surface area contributed by atoms with Crippen molar-refractivity contribution >= 4 is 5.91 Å².